The summed E-state index contributed by atoms with van der Waals surface area (Å²) >= 11 is 1.15. The van der Waals surface area contributed by atoms with Crippen molar-refractivity contribution in [1.29, 1.82) is 0 Å². The maximum Gasteiger partial charge on any atom is 0.321 e. The van der Waals surface area contributed by atoms with Crippen LogP contribution < -0.4 is 5.73 Å². The van der Waals surface area contributed by atoms with Gasteiger partial charge in [-0.2, -0.15) is 0 Å². The molecule has 106 valence electrons. The highest BCUT2D eigenvalue weighted by atomic mass is 32.2. The molecule has 0 aliphatic rings. The molecule has 0 radical (unpaired) electrons. The van der Waals surface area contributed by atoms with Gasteiger partial charge in [0.15, 0.2) is 0 Å². The normalized spacial score (nSPS) is 13.6. The predicted octanol–water partition coefficient (Wildman–Crippen LogP) is 1.64. The van der Waals surface area contributed by atoms with Crippen molar-refractivity contribution < 1.29 is 15.1 Å². The number of oxime groups is 1. The SMILES string of the molecule is N[C@@H](CS/C(Cc1c[nH]c2ccccc12)=N/O)C(=O)O. The van der Waals surface area contributed by atoms with Crippen LogP contribution in [0.2, 0.25) is 0 Å². The van der Waals surface area contributed by atoms with Crippen LogP contribution in [0.3, 0.4) is 0 Å². The van der Waals surface area contributed by atoms with E-state index in [-0.39, 0.29) is 5.75 Å². The fourth-order valence-corrected chi connectivity index (χ4v) is 2.64. The van der Waals surface area contributed by atoms with E-state index in [1.807, 2.05) is 30.5 Å². The molecule has 1 atom stereocenters. The number of nitrogens with two attached hydrogens (primary N) is 1. The van der Waals surface area contributed by atoms with Gasteiger partial charge < -0.3 is 21.0 Å². The van der Waals surface area contributed by atoms with E-state index in [9.17, 15) is 4.79 Å². The van der Waals surface area contributed by atoms with Gasteiger partial charge in [-0.15, -0.1) is 11.8 Å². The third-order valence-corrected chi connectivity index (χ3v) is 3.96. The minimum absolute atomic E-state index is 0.164. The number of carboxylic acid groups (broad SMARTS) is 1. The molecule has 2 aromatic rings. The van der Waals surface area contributed by atoms with Crippen molar-refractivity contribution in [2.45, 2.75) is 12.5 Å². The first-order valence-electron chi connectivity index (χ1n) is 5.99. The number of aromatic amines is 1. The van der Waals surface area contributed by atoms with Gasteiger partial charge in [-0.05, 0) is 11.6 Å². The number of nitrogens with zero attached hydrogens (tertiary/aromatic N) is 1. The Kier molecular flexibility index (Phi) is 4.65. The summed E-state index contributed by atoms with van der Waals surface area (Å²) in [6.45, 7) is 0. The number of aromatic nitrogens is 1. The predicted molar refractivity (Wildman–Crippen MR) is 79.3 cm³/mol. The van der Waals surface area contributed by atoms with Crippen LogP contribution in [0.1, 0.15) is 5.56 Å². The Morgan fingerprint density at radius 2 is 2.20 bits per heavy atom. The molecule has 0 bridgehead atoms. The van der Waals surface area contributed by atoms with Crippen LogP contribution in [0.4, 0.5) is 0 Å². The molecule has 0 saturated carbocycles. The fourth-order valence-electron chi connectivity index (χ4n) is 1.81. The van der Waals surface area contributed by atoms with Gasteiger partial charge in [0.1, 0.15) is 11.1 Å². The number of benzene rings is 1. The Morgan fingerprint density at radius 1 is 1.45 bits per heavy atom. The maximum absolute atomic E-state index is 10.6. The van der Waals surface area contributed by atoms with E-state index in [2.05, 4.69) is 10.1 Å². The summed E-state index contributed by atoms with van der Waals surface area (Å²) in [6.07, 6.45) is 2.28. The third-order valence-electron chi connectivity index (χ3n) is 2.87. The van der Waals surface area contributed by atoms with Crippen molar-refractivity contribution >= 4 is 33.7 Å². The van der Waals surface area contributed by atoms with Crippen LogP contribution >= 0.6 is 11.8 Å². The van der Waals surface area contributed by atoms with Gasteiger partial charge in [0.25, 0.3) is 0 Å². The minimum atomic E-state index is -1.07. The quantitative estimate of drug-likeness (QED) is 0.290. The van der Waals surface area contributed by atoms with Crippen molar-refractivity contribution in [2.75, 3.05) is 5.75 Å². The number of hydrogen-bond donors (Lipinski definition) is 4. The van der Waals surface area contributed by atoms with Crippen LogP contribution in [-0.4, -0.2) is 38.1 Å². The number of thioether (sulfide) groups is 1. The Hall–Kier alpha value is -1.99. The van der Waals surface area contributed by atoms with Crippen molar-refractivity contribution in [3.63, 3.8) is 0 Å². The van der Waals surface area contributed by atoms with Gasteiger partial charge in [0.05, 0.1) is 0 Å². The number of fused-ring (bicyclic) bond motifs is 1. The monoisotopic (exact) mass is 293 g/mol. The number of carboxylic acids is 1. The first-order valence-corrected chi connectivity index (χ1v) is 6.97. The van der Waals surface area contributed by atoms with Crippen molar-refractivity contribution in [3.05, 3.63) is 36.0 Å². The molecular weight excluding hydrogens is 278 g/mol. The smallest absolute Gasteiger partial charge is 0.321 e. The lowest BCUT2D eigenvalue weighted by atomic mass is 10.1. The van der Waals surface area contributed by atoms with E-state index in [0.717, 1.165) is 28.2 Å². The number of carbonyl (C=O) groups is 1. The van der Waals surface area contributed by atoms with Gasteiger partial charge in [0.2, 0.25) is 0 Å². The second-order valence-electron chi connectivity index (χ2n) is 4.29. The zero-order valence-corrected chi connectivity index (χ0v) is 11.4. The van der Waals surface area contributed by atoms with E-state index < -0.39 is 12.0 Å². The molecule has 0 fully saturated rings. The van der Waals surface area contributed by atoms with Crippen LogP contribution in [0.5, 0.6) is 0 Å². The summed E-state index contributed by atoms with van der Waals surface area (Å²) in [5, 5.41) is 22.4. The minimum Gasteiger partial charge on any atom is -0.480 e. The molecule has 6 nitrogen and oxygen atoms in total. The van der Waals surface area contributed by atoms with Crippen molar-refractivity contribution in [1.82, 2.24) is 4.98 Å². The molecule has 0 saturated heterocycles. The average Bonchev–Trinajstić information content (AvgIpc) is 2.86. The summed E-state index contributed by atoms with van der Waals surface area (Å²) < 4.78 is 0. The lowest BCUT2D eigenvalue weighted by Crippen LogP contribution is -2.33. The summed E-state index contributed by atoms with van der Waals surface area (Å²) in [6, 6.07) is 6.83. The molecule has 1 heterocycles. The molecular formula is C13H15N3O3S. The Labute approximate surface area is 119 Å². The number of nitrogens with one attached hydrogen (secondary N) is 1. The molecule has 20 heavy (non-hydrogen) atoms. The van der Waals surface area contributed by atoms with Crippen LogP contribution in [0.25, 0.3) is 10.9 Å². The first kappa shape index (κ1) is 14.4. The number of H-pyrrole nitrogens is 1. The fraction of sp³-hybridized carbons (Fsp3) is 0.231. The molecule has 2 rings (SSSR count). The largest absolute Gasteiger partial charge is 0.480 e. The van der Waals surface area contributed by atoms with Gasteiger partial charge in [0, 0.05) is 29.3 Å². The van der Waals surface area contributed by atoms with Crippen LogP contribution in [0, 0.1) is 0 Å². The number of aliphatic carboxylic acids is 1. The summed E-state index contributed by atoms with van der Waals surface area (Å²) in [5.74, 6) is -0.904. The lowest BCUT2D eigenvalue weighted by Gasteiger charge is -2.07. The van der Waals surface area contributed by atoms with E-state index in [1.54, 1.807) is 0 Å². The van der Waals surface area contributed by atoms with E-state index >= 15 is 0 Å². The van der Waals surface area contributed by atoms with Gasteiger partial charge in [-0.25, -0.2) is 0 Å². The molecule has 7 heteroatoms. The number of rotatable bonds is 5. The molecule has 1 aromatic heterocycles. The van der Waals surface area contributed by atoms with E-state index in [0.29, 0.717) is 11.5 Å². The van der Waals surface area contributed by atoms with Crippen molar-refractivity contribution in [2.24, 2.45) is 10.9 Å². The third kappa shape index (κ3) is 3.31. The molecule has 0 amide bonds. The summed E-state index contributed by atoms with van der Waals surface area (Å²) in [5.41, 5.74) is 7.42. The molecule has 0 unspecified atom stereocenters. The highest BCUT2D eigenvalue weighted by Gasteiger charge is 2.14. The highest BCUT2D eigenvalue weighted by molar-refractivity contribution is 8.14. The molecule has 0 aliphatic heterocycles. The number of hydrogen-bond acceptors (Lipinski definition) is 5. The van der Waals surface area contributed by atoms with Gasteiger partial charge >= 0.3 is 5.97 Å². The van der Waals surface area contributed by atoms with E-state index in [1.165, 1.54) is 0 Å². The summed E-state index contributed by atoms with van der Waals surface area (Å²) in [4.78, 5) is 13.8. The second kappa shape index (κ2) is 6.44. The molecule has 0 spiro atoms. The van der Waals surface area contributed by atoms with Gasteiger partial charge in [-0.1, -0.05) is 23.4 Å². The second-order valence-corrected chi connectivity index (χ2v) is 5.38. The topological polar surface area (TPSA) is 112 Å². The van der Waals surface area contributed by atoms with Gasteiger partial charge in [-0.3, -0.25) is 4.79 Å². The Balaban J connectivity index is 2.05. The zero-order valence-electron chi connectivity index (χ0n) is 10.6. The highest BCUT2D eigenvalue weighted by Crippen LogP contribution is 2.20. The maximum atomic E-state index is 10.6. The van der Waals surface area contributed by atoms with Crippen LogP contribution in [-0.2, 0) is 11.2 Å². The average molecular weight is 293 g/mol. The zero-order chi connectivity index (χ0) is 14.5. The van der Waals surface area contributed by atoms with Crippen LogP contribution in [0.15, 0.2) is 35.6 Å². The Morgan fingerprint density at radius 3 is 2.90 bits per heavy atom. The standard InChI is InChI=1S/C13H15N3O3S/c14-10(13(17)18)7-20-12(16-19)5-8-6-15-11-4-2-1-3-9(8)11/h1-4,6,10,15,19H,5,7,14H2,(H,17,18)/b16-12+/t10-/m0/s1. The van der Waals surface area contributed by atoms with Crippen molar-refractivity contribution in [3.8, 4) is 0 Å². The molecule has 1 aromatic carbocycles. The molecule has 5 N–H and O–H groups in total. The first-order chi connectivity index (χ1) is 9.61. The molecule has 0 aliphatic carbocycles. The van der Waals surface area contributed by atoms with E-state index in [4.69, 9.17) is 16.0 Å². The lowest BCUT2D eigenvalue weighted by molar-refractivity contribution is -0.137. The summed E-state index contributed by atoms with van der Waals surface area (Å²) in [7, 11) is 0. The number of para-hydroxylation sites is 1. The Bertz CT molecular complexity index is 639.